The summed E-state index contributed by atoms with van der Waals surface area (Å²) in [6, 6.07) is 15.0. The Kier molecular flexibility index (Phi) is 4.50. The summed E-state index contributed by atoms with van der Waals surface area (Å²) in [5.74, 6) is -0.200. The fourth-order valence-electron chi connectivity index (χ4n) is 1.97. The molecule has 1 atom stereocenters. The molecule has 3 heteroatoms. The summed E-state index contributed by atoms with van der Waals surface area (Å²) in [6.45, 7) is 0. The Morgan fingerprint density at radius 3 is 2.39 bits per heavy atom. The van der Waals surface area contributed by atoms with Gasteiger partial charge in [-0.05, 0) is 42.8 Å². The van der Waals surface area contributed by atoms with Crippen molar-refractivity contribution in [2.75, 3.05) is 7.05 Å². The Morgan fingerprint density at radius 2 is 1.78 bits per heavy atom. The molecule has 0 bridgehead atoms. The minimum atomic E-state index is -0.200. The van der Waals surface area contributed by atoms with Crippen LogP contribution in [-0.2, 0) is 6.42 Å². The molecule has 0 saturated carbocycles. The van der Waals surface area contributed by atoms with Crippen molar-refractivity contribution in [3.8, 4) is 0 Å². The van der Waals surface area contributed by atoms with Crippen molar-refractivity contribution in [3.05, 3.63) is 69.9 Å². The Hall–Kier alpha value is -1.19. The lowest BCUT2D eigenvalue weighted by atomic mass is 9.99. The van der Waals surface area contributed by atoms with Gasteiger partial charge in [-0.2, -0.15) is 0 Å². The molecule has 1 nitrogen and oxygen atoms in total. The third kappa shape index (κ3) is 3.18. The summed E-state index contributed by atoms with van der Waals surface area (Å²) >= 11 is 3.55. The zero-order valence-electron chi connectivity index (χ0n) is 10.2. The van der Waals surface area contributed by atoms with Crippen LogP contribution in [0.25, 0.3) is 0 Å². The Balaban J connectivity index is 2.20. The average molecular weight is 308 g/mol. The molecule has 2 aromatic rings. The molecular weight excluding hydrogens is 293 g/mol. The Labute approximate surface area is 115 Å². The smallest absolute Gasteiger partial charge is 0.123 e. The lowest BCUT2D eigenvalue weighted by Gasteiger charge is -2.17. The quantitative estimate of drug-likeness (QED) is 0.897. The lowest BCUT2D eigenvalue weighted by Crippen LogP contribution is -2.19. The summed E-state index contributed by atoms with van der Waals surface area (Å²) < 4.78 is 14.0. The molecule has 2 aromatic carbocycles. The summed E-state index contributed by atoms with van der Waals surface area (Å²) in [7, 11) is 1.92. The van der Waals surface area contributed by atoms with E-state index in [4.69, 9.17) is 0 Å². The largest absolute Gasteiger partial charge is 0.313 e. The van der Waals surface area contributed by atoms with Crippen LogP contribution in [0.2, 0.25) is 0 Å². The van der Waals surface area contributed by atoms with E-state index >= 15 is 0 Å². The summed E-state index contributed by atoms with van der Waals surface area (Å²) in [4.78, 5) is 0. The van der Waals surface area contributed by atoms with Gasteiger partial charge in [-0.3, -0.25) is 0 Å². The third-order valence-electron chi connectivity index (χ3n) is 3.00. The normalized spacial score (nSPS) is 12.4. The van der Waals surface area contributed by atoms with Crippen LogP contribution >= 0.6 is 15.9 Å². The molecular formula is C15H15BrFN. The van der Waals surface area contributed by atoms with E-state index in [1.807, 2.05) is 37.4 Å². The van der Waals surface area contributed by atoms with E-state index in [0.717, 1.165) is 16.5 Å². The molecule has 0 aliphatic rings. The van der Waals surface area contributed by atoms with Crippen LogP contribution < -0.4 is 5.32 Å². The van der Waals surface area contributed by atoms with Crippen molar-refractivity contribution in [2.45, 2.75) is 12.5 Å². The van der Waals surface area contributed by atoms with Crippen molar-refractivity contribution in [2.24, 2.45) is 0 Å². The maximum Gasteiger partial charge on any atom is 0.123 e. The predicted octanol–water partition coefficient (Wildman–Crippen LogP) is 4.09. The molecule has 18 heavy (non-hydrogen) atoms. The highest BCUT2D eigenvalue weighted by molar-refractivity contribution is 9.10. The number of hydrogen-bond donors (Lipinski definition) is 1. The van der Waals surface area contributed by atoms with E-state index < -0.39 is 0 Å². The van der Waals surface area contributed by atoms with Crippen LogP contribution in [-0.4, -0.2) is 7.05 Å². The van der Waals surface area contributed by atoms with Gasteiger partial charge in [0.05, 0.1) is 0 Å². The van der Waals surface area contributed by atoms with Crippen molar-refractivity contribution >= 4 is 15.9 Å². The summed E-state index contributed by atoms with van der Waals surface area (Å²) in [5.41, 5.74) is 2.33. The van der Waals surface area contributed by atoms with E-state index in [-0.39, 0.29) is 11.9 Å². The molecule has 0 radical (unpaired) electrons. The first-order valence-corrected chi connectivity index (χ1v) is 6.66. The van der Waals surface area contributed by atoms with Gasteiger partial charge in [-0.1, -0.05) is 46.3 Å². The molecule has 1 unspecified atom stereocenters. The van der Waals surface area contributed by atoms with E-state index in [1.165, 1.54) is 17.7 Å². The van der Waals surface area contributed by atoms with Gasteiger partial charge in [0, 0.05) is 10.5 Å². The van der Waals surface area contributed by atoms with Crippen molar-refractivity contribution < 1.29 is 4.39 Å². The van der Waals surface area contributed by atoms with Crippen LogP contribution in [0.1, 0.15) is 17.2 Å². The van der Waals surface area contributed by atoms with Crippen LogP contribution in [0.3, 0.4) is 0 Å². The molecule has 0 fully saturated rings. The standard InChI is InChI=1S/C15H15BrFN/c1-18-15(11-6-8-13(17)9-7-11)10-12-4-2-3-5-14(12)16/h2-9,15,18H,10H2,1H3. The molecule has 1 N–H and O–H groups in total. The topological polar surface area (TPSA) is 12.0 Å². The molecule has 0 spiro atoms. The van der Waals surface area contributed by atoms with Crippen LogP contribution in [0, 0.1) is 5.82 Å². The maximum atomic E-state index is 12.9. The zero-order valence-corrected chi connectivity index (χ0v) is 11.7. The van der Waals surface area contributed by atoms with Gasteiger partial charge < -0.3 is 5.32 Å². The van der Waals surface area contributed by atoms with Gasteiger partial charge in [0.15, 0.2) is 0 Å². The molecule has 0 heterocycles. The zero-order chi connectivity index (χ0) is 13.0. The fourth-order valence-corrected chi connectivity index (χ4v) is 2.41. The van der Waals surface area contributed by atoms with Gasteiger partial charge >= 0.3 is 0 Å². The summed E-state index contributed by atoms with van der Waals surface area (Å²) in [6.07, 6.45) is 0.865. The van der Waals surface area contributed by atoms with Gasteiger partial charge in [-0.25, -0.2) is 4.39 Å². The van der Waals surface area contributed by atoms with E-state index in [0.29, 0.717) is 0 Å². The van der Waals surface area contributed by atoms with Crippen LogP contribution in [0.4, 0.5) is 4.39 Å². The lowest BCUT2D eigenvalue weighted by molar-refractivity contribution is 0.585. The van der Waals surface area contributed by atoms with Crippen molar-refractivity contribution in [1.29, 1.82) is 0 Å². The van der Waals surface area contributed by atoms with Crippen molar-refractivity contribution in [3.63, 3.8) is 0 Å². The highest BCUT2D eigenvalue weighted by Crippen LogP contribution is 2.23. The molecule has 0 amide bonds. The van der Waals surface area contributed by atoms with E-state index in [9.17, 15) is 4.39 Å². The van der Waals surface area contributed by atoms with Gasteiger partial charge in [0.25, 0.3) is 0 Å². The second kappa shape index (κ2) is 6.12. The molecule has 2 rings (SSSR count). The molecule has 0 aromatic heterocycles. The number of hydrogen-bond acceptors (Lipinski definition) is 1. The summed E-state index contributed by atoms with van der Waals surface area (Å²) in [5, 5.41) is 3.27. The number of likely N-dealkylation sites (N-methyl/N-ethyl adjacent to an activating group) is 1. The average Bonchev–Trinajstić information content (AvgIpc) is 2.39. The molecule has 0 aliphatic heterocycles. The second-order valence-corrected chi connectivity index (χ2v) is 5.04. The monoisotopic (exact) mass is 307 g/mol. The van der Waals surface area contributed by atoms with Gasteiger partial charge in [0.1, 0.15) is 5.82 Å². The fraction of sp³-hybridized carbons (Fsp3) is 0.200. The Bertz CT molecular complexity index is 510. The van der Waals surface area contributed by atoms with Gasteiger partial charge in [0.2, 0.25) is 0 Å². The first-order valence-electron chi connectivity index (χ1n) is 5.87. The number of halogens is 2. The number of benzene rings is 2. The molecule has 0 saturated heterocycles. The first-order chi connectivity index (χ1) is 8.70. The highest BCUT2D eigenvalue weighted by atomic mass is 79.9. The number of rotatable bonds is 4. The van der Waals surface area contributed by atoms with Crippen molar-refractivity contribution in [1.82, 2.24) is 5.32 Å². The minimum Gasteiger partial charge on any atom is -0.313 e. The van der Waals surface area contributed by atoms with E-state index in [2.05, 4.69) is 27.3 Å². The molecule has 94 valence electrons. The second-order valence-electron chi connectivity index (χ2n) is 4.19. The predicted molar refractivity (Wildman–Crippen MR) is 76.0 cm³/mol. The SMILES string of the molecule is CNC(Cc1ccccc1Br)c1ccc(F)cc1. The minimum absolute atomic E-state index is 0.185. The highest BCUT2D eigenvalue weighted by Gasteiger charge is 2.11. The van der Waals surface area contributed by atoms with Crippen LogP contribution in [0.5, 0.6) is 0 Å². The van der Waals surface area contributed by atoms with Gasteiger partial charge in [-0.15, -0.1) is 0 Å². The molecule has 0 aliphatic carbocycles. The third-order valence-corrected chi connectivity index (χ3v) is 3.78. The van der Waals surface area contributed by atoms with Crippen LogP contribution in [0.15, 0.2) is 53.0 Å². The number of nitrogens with one attached hydrogen (secondary N) is 1. The Morgan fingerprint density at radius 1 is 1.11 bits per heavy atom. The van der Waals surface area contributed by atoms with E-state index in [1.54, 1.807) is 0 Å². The maximum absolute atomic E-state index is 12.9. The first kappa shape index (κ1) is 13.2.